The summed E-state index contributed by atoms with van der Waals surface area (Å²) in [6, 6.07) is 14.0. The average Bonchev–Trinajstić information content (AvgIpc) is 2.79. The third kappa shape index (κ3) is 4.30. The third-order valence-electron chi connectivity index (χ3n) is 4.82. The summed E-state index contributed by atoms with van der Waals surface area (Å²) in [6.45, 7) is -0.616. The number of amides is 1. The predicted octanol–water partition coefficient (Wildman–Crippen LogP) is 3.16. The fourth-order valence-corrected chi connectivity index (χ4v) is 3.88. The first-order chi connectivity index (χ1) is 15.4. The van der Waals surface area contributed by atoms with Crippen molar-refractivity contribution in [1.82, 2.24) is 14.8 Å². The third-order valence-corrected chi connectivity index (χ3v) is 5.87. The first-order valence-electron chi connectivity index (χ1n) is 9.46. The number of nitrogens with zero attached hydrogens (tertiary/aromatic N) is 3. The summed E-state index contributed by atoms with van der Waals surface area (Å²) < 4.78 is 6.16. The molecule has 0 atom stereocenters. The van der Waals surface area contributed by atoms with Crippen molar-refractivity contribution >= 4 is 56.9 Å². The lowest BCUT2D eigenvalue weighted by Crippen LogP contribution is -2.31. The number of esters is 1. The molecule has 2 aromatic carbocycles. The molecule has 2 heterocycles. The van der Waals surface area contributed by atoms with Crippen LogP contribution in [-0.2, 0) is 22.7 Å². The molecule has 0 unspecified atom stereocenters. The summed E-state index contributed by atoms with van der Waals surface area (Å²) in [4.78, 5) is 42.3. The Balaban J connectivity index is 1.55. The number of nitrogens with two attached hydrogens (primary N) is 1. The average molecular weight is 469 g/mol. The van der Waals surface area contributed by atoms with Crippen LogP contribution in [0.25, 0.3) is 21.7 Å². The molecular formula is C22H17ClN4O4S. The lowest BCUT2D eigenvalue weighted by Gasteiger charge is -2.10. The number of halogens is 1. The molecule has 2 aromatic heterocycles. The quantitative estimate of drug-likeness (QED) is 0.262. The normalized spacial score (nSPS) is 11.1. The highest BCUT2D eigenvalue weighted by Crippen LogP contribution is 2.25. The molecule has 162 valence electrons. The Hall–Kier alpha value is -3.43. The second-order valence-corrected chi connectivity index (χ2v) is 8.12. The second kappa shape index (κ2) is 8.97. The molecule has 0 radical (unpaired) electrons. The van der Waals surface area contributed by atoms with Crippen molar-refractivity contribution in [3.63, 3.8) is 0 Å². The molecule has 0 saturated carbocycles. The van der Waals surface area contributed by atoms with E-state index in [-0.39, 0.29) is 22.8 Å². The number of rotatable bonds is 6. The first-order valence-corrected chi connectivity index (χ1v) is 11.1. The Bertz CT molecular complexity index is 1440. The Kier molecular flexibility index (Phi) is 6.11. The summed E-state index contributed by atoms with van der Waals surface area (Å²) in [6.07, 6.45) is 1.97. The monoisotopic (exact) mass is 468 g/mol. The van der Waals surface area contributed by atoms with Crippen molar-refractivity contribution in [3.05, 3.63) is 75.3 Å². The van der Waals surface area contributed by atoms with E-state index >= 15 is 0 Å². The fourth-order valence-electron chi connectivity index (χ4n) is 3.25. The smallest absolute Gasteiger partial charge is 0.328 e. The van der Waals surface area contributed by atoms with Gasteiger partial charge in [0, 0.05) is 21.2 Å². The standard InChI is InChI=1S/C22H17ClN4O4S/c1-32-14-7-6-12-8-13(20(23)25-17(12)9-14)11-31-18(28)10-27-22(30)16-5-3-2-4-15(16)19(26-27)21(24)29/h2-9H,10-11H2,1H3,(H2,24,29). The van der Waals surface area contributed by atoms with Gasteiger partial charge in [-0.25, -0.2) is 9.67 Å². The first kappa shape index (κ1) is 21.8. The maximum atomic E-state index is 12.7. The van der Waals surface area contributed by atoms with Crippen LogP contribution in [0, 0.1) is 0 Å². The van der Waals surface area contributed by atoms with E-state index in [0.29, 0.717) is 10.9 Å². The van der Waals surface area contributed by atoms with E-state index in [9.17, 15) is 14.4 Å². The number of carbonyl (C=O) groups is 2. The van der Waals surface area contributed by atoms with E-state index in [1.165, 1.54) is 6.07 Å². The van der Waals surface area contributed by atoms with Gasteiger partial charge >= 0.3 is 5.97 Å². The number of pyridine rings is 1. The van der Waals surface area contributed by atoms with Crippen LogP contribution in [-0.4, -0.2) is 32.9 Å². The number of fused-ring (bicyclic) bond motifs is 2. The number of hydrogen-bond donors (Lipinski definition) is 1. The van der Waals surface area contributed by atoms with Crippen LogP contribution in [0.2, 0.25) is 5.15 Å². The number of carbonyl (C=O) groups excluding carboxylic acids is 2. The molecule has 0 aliphatic rings. The molecule has 32 heavy (non-hydrogen) atoms. The molecule has 0 aliphatic carbocycles. The van der Waals surface area contributed by atoms with Gasteiger partial charge in [-0.05, 0) is 30.5 Å². The number of aromatic nitrogens is 3. The van der Waals surface area contributed by atoms with Gasteiger partial charge < -0.3 is 10.5 Å². The van der Waals surface area contributed by atoms with Crippen LogP contribution in [0.15, 0.2) is 58.2 Å². The van der Waals surface area contributed by atoms with E-state index in [2.05, 4.69) is 10.1 Å². The van der Waals surface area contributed by atoms with Crippen molar-refractivity contribution in [2.75, 3.05) is 6.26 Å². The summed E-state index contributed by atoms with van der Waals surface area (Å²) in [5.74, 6) is -1.53. The zero-order valence-corrected chi connectivity index (χ0v) is 18.4. The van der Waals surface area contributed by atoms with Crippen molar-refractivity contribution in [2.24, 2.45) is 5.73 Å². The molecule has 0 fully saturated rings. The molecule has 0 saturated heterocycles. The summed E-state index contributed by atoms with van der Waals surface area (Å²) in [7, 11) is 0. The fraction of sp³-hybridized carbons (Fsp3) is 0.136. The Morgan fingerprint density at radius 1 is 1.16 bits per heavy atom. The molecule has 0 aliphatic heterocycles. The van der Waals surface area contributed by atoms with E-state index in [1.54, 1.807) is 36.0 Å². The van der Waals surface area contributed by atoms with Gasteiger partial charge in [0.25, 0.3) is 11.5 Å². The molecular weight excluding hydrogens is 452 g/mol. The Morgan fingerprint density at radius 2 is 1.91 bits per heavy atom. The predicted molar refractivity (Wildman–Crippen MR) is 123 cm³/mol. The second-order valence-electron chi connectivity index (χ2n) is 6.88. The zero-order chi connectivity index (χ0) is 22.8. The number of thioether (sulfide) groups is 1. The molecule has 0 bridgehead atoms. The molecule has 8 nitrogen and oxygen atoms in total. The minimum Gasteiger partial charge on any atom is -0.459 e. The molecule has 10 heteroatoms. The van der Waals surface area contributed by atoms with Crippen molar-refractivity contribution < 1.29 is 14.3 Å². The van der Waals surface area contributed by atoms with Crippen molar-refractivity contribution in [1.29, 1.82) is 0 Å². The lowest BCUT2D eigenvalue weighted by molar-refractivity contribution is -0.146. The van der Waals surface area contributed by atoms with Gasteiger partial charge in [-0.1, -0.05) is 35.9 Å². The van der Waals surface area contributed by atoms with Gasteiger partial charge in [-0.15, -0.1) is 11.8 Å². The molecule has 4 aromatic rings. The van der Waals surface area contributed by atoms with Gasteiger partial charge in [0.15, 0.2) is 5.69 Å². The summed E-state index contributed by atoms with van der Waals surface area (Å²) in [5.41, 5.74) is 6.03. The van der Waals surface area contributed by atoms with Crippen LogP contribution >= 0.6 is 23.4 Å². The maximum absolute atomic E-state index is 12.7. The zero-order valence-electron chi connectivity index (χ0n) is 16.9. The number of primary amides is 1. The van der Waals surface area contributed by atoms with Crippen LogP contribution < -0.4 is 11.3 Å². The van der Waals surface area contributed by atoms with Crippen molar-refractivity contribution in [2.45, 2.75) is 18.0 Å². The highest BCUT2D eigenvalue weighted by atomic mass is 35.5. The van der Waals surface area contributed by atoms with Gasteiger partial charge in [0.1, 0.15) is 18.3 Å². The van der Waals surface area contributed by atoms with E-state index in [0.717, 1.165) is 20.5 Å². The van der Waals surface area contributed by atoms with Gasteiger partial charge in [0.05, 0.1) is 10.9 Å². The SMILES string of the molecule is CSc1ccc2cc(COC(=O)Cn3nc(C(N)=O)c4ccccc4c3=O)c(Cl)nc2c1. The largest absolute Gasteiger partial charge is 0.459 e. The van der Waals surface area contributed by atoms with E-state index in [4.69, 9.17) is 22.1 Å². The van der Waals surface area contributed by atoms with Crippen LogP contribution in [0.1, 0.15) is 16.1 Å². The molecule has 0 spiro atoms. The molecule has 2 N–H and O–H groups in total. The maximum Gasteiger partial charge on any atom is 0.328 e. The highest BCUT2D eigenvalue weighted by Gasteiger charge is 2.17. The molecule has 1 amide bonds. The van der Waals surface area contributed by atoms with Crippen LogP contribution in [0.3, 0.4) is 0 Å². The van der Waals surface area contributed by atoms with Gasteiger partial charge in [-0.3, -0.25) is 14.4 Å². The lowest BCUT2D eigenvalue weighted by atomic mass is 10.1. The van der Waals surface area contributed by atoms with Gasteiger partial charge in [-0.2, -0.15) is 5.10 Å². The van der Waals surface area contributed by atoms with Crippen LogP contribution in [0.4, 0.5) is 0 Å². The topological polar surface area (TPSA) is 117 Å². The van der Waals surface area contributed by atoms with E-state index < -0.39 is 24.0 Å². The Morgan fingerprint density at radius 3 is 2.62 bits per heavy atom. The van der Waals surface area contributed by atoms with E-state index in [1.807, 2.05) is 24.5 Å². The number of hydrogen-bond acceptors (Lipinski definition) is 7. The molecule has 4 rings (SSSR count). The number of benzene rings is 2. The minimum absolute atomic E-state index is 0.0978. The summed E-state index contributed by atoms with van der Waals surface area (Å²) in [5, 5.41) is 5.60. The van der Waals surface area contributed by atoms with Crippen LogP contribution in [0.5, 0.6) is 0 Å². The van der Waals surface area contributed by atoms with Crippen molar-refractivity contribution in [3.8, 4) is 0 Å². The Labute approximate surface area is 191 Å². The summed E-state index contributed by atoms with van der Waals surface area (Å²) >= 11 is 7.86. The number of ether oxygens (including phenoxy) is 1. The minimum atomic E-state index is -0.804. The van der Waals surface area contributed by atoms with Gasteiger partial charge in [0.2, 0.25) is 0 Å². The highest BCUT2D eigenvalue weighted by molar-refractivity contribution is 7.98.